The van der Waals surface area contributed by atoms with Gasteiger partial charge in [-0.25, -0.2) is 9.97 Å². The van der Waals surface area contributed by atoms with Crippen LogP contribution in [0.1, 0.15) is 53.2 Å². The lowest BCUT2D eigenvalue weighted by Gasteiger charge is -2.11. The van der Waals surface area contributed by atoms with Gasteiger partial charge in [-0.3, -0.25) is 14.4 Å². The first kappa shape index (κ1) is 34.6. The van der Waals surface area contributed by atoms with Gasteiger partial charge in [0.25, 0.3) is 5.91 Å². The van der Waals surface area contributed by atoms with E-state index in [1.54, 1.807) is 97.2 Å². The van der Waals surface area contributed by atoms with E-state index in [2.05, 4.69) is 30.7 Å². The van der Waals surface area contributed by atoms with Gasteiger partial charge in [0.15, 0.2) is 6.21 Å². The molecule has 1 aliphatic rings. The van der Waals surface area contributed by atoms with Crippen molar-refractivity contribution in [3.05, 3.63) is 132 Å². The monoisotopic (exact) mass is 703 g/mol. The van der Waals surface area contributed by atoms with Crippen LogP contribution in [0.3, 0.4) is 0 Å². The summed E-state index contributed by atoms with van der Waals surface area (Å²) >= 11 is 0. The topological polar surface area (TPSA) is 159 Å². The van der Waals surface area contributed by atoms with Gasteiger partial charge in [0.05, 0.1) is 12.8 Å². The molecule has 0 aliphatic carbocycles. The summed E-state index contributed by atoms with van der Waals surface area (Å²) < 4.78 is 33.1. The first-order chi connectivity index (χ1) is 24.7. The second-order valence-electron chi connectivity index (χ2n) is 11.7. The number of nitrogens with one attached hydrogen (secondary N) is 3. The van der Waals surface area contributed by atoms with Gasteiger partial charge in [-0.1, -0.05) is 46.4 Å². The van der Waals surface area contributed by atoms with E-state index < -0.39 is 15.9 Å². The second-order valence-corrected chi connectivity index (χ2v) is 13.5. The smallest absolute Gasteiger partial charge is 0.400 e. The zero-order valence-corrected chi connectivity index (χ0v) is 28.5. The largest absolute Gasteiger partial charge is 0.469 e. The number of methoxy groups -OCH3 is 1. The fourth-order valence-electron chi connectivity index (χ4n) is 5.62. The summed E-state index contributed by atoms with van der Waals surface area (Å²) in [4.78, 5) is 45.5. The first-order valence-corrected chi connectivity index (χ1v) is 17.7. The van der Waals surface area contributed by atoms with Crippen molar-refractivity contribution in [2.45, 2.75) is 36.5 Å². The normalized spacial score (nSPS) is 13.4. The number of aromatic nitrogens is 2. The summed E-state index contributed by atoms with van der Waals surface area (Å²) in [5.41, 5.74) is 4.13. The average molecular weight is 704 g/mol. The zero-order chi connectivity index (χ0) is 35.8. The van der Waals surface area contributed by atoms with Crippen LogP contribution in [-0.2, 0) is 24.3 Å². The van der Waals surface area contributed by atoms with Crippen LogP contribution in [0.15, 0.2) is 120 Å². The van der Waals surface area contributed by atoms with Gasteiger partial charge in [-0.05, 0) is 67.4 Å². The van der Waals surface area contributed by atoms with Crippen LogP contribution in [0.25, 0.3) is 0 Å². The van der Waals surface area contributed by atoms with Crippen molar-refractivity contribution < 1.29 is 31.5 Å². The van der Waals surface area contributed by atoms with E-state index in [-0.39, 0.29) is 35.5 Å². The lowest BCUT2D eigenvalue weighted by molar-refractivity contribution is -0.251. The number of rotatable bonds is 13. The lowest BCUT2D eigenvalue weighted by Crippen LogP contribution is -2.16. The van der Waals surface area contributed by atoms with Crippen LogP contribution in [-0.4, -0.2) is 53.5 Å². The van der Waals surface area contributed by atoms with Crippen molar-refractivity contribution in [2.75, 3.05) is 23.1 Å². The van der Waals surface area contributed by atoms with Crippen LogP contribution in [0, 0.1) is 0 Å². The number of sulfonamides is 1. The summed E-state index contributed by atoms with van der Waals surface area (Å²) in [7, 11) is -2.51. The molecule has 2 heterocycles. The predicted octanol–water partition coefficient (Wildman–Crippen LogP) is 6.39. The van der Waals surface area contributed by atoms with Crippen LogP contribution in [0.4, 0.5) is 28.6 Å². The Morgan fingerprint density at radius 2 is 1.49 bits per heavy atom. The number of amides is 2. The van der Waals surface area contributed by atoms with Crippen LogP contribution in [0.2, 0.25) is 0 Å². The van der Waals surface area contributed by atoms with Crippen LogP contribution < -0.4 is 16.0 Å². The number of para-hydroxylation sites is 1. The number of carbonyl (C=O) groups excluding carboxylic acids is 3. The number of hydrogen-bond donors (Lipinski definition) is 3. The third kappa shape index (κ3) is 8.33. The first-order valence-electron chi connectivity index (χ1n) is 16.2. The van der Waals surface area contributed by atoms with Crippen molar-refractivity contribution in [2.24, 2.45) is 0 Å². The number of fused-ring (bicyclic) bond motifs is 1. The number of ether oxygens (including phenoxy) is 1. The molecule has 13 heteroatoms. The predicted molar refractivity (Wildman–Crippen MR) is 193 cm³/mol. The van der Waals surface area contributed by atoms with Crippen LogP contribution >= 0.6 is 0 Å². The molecule has 51 heavy (non-hydrogen) atoms. The molecule has 0 fully saturated rings. The Morgan fingerprint density at radius 1 is 0.765 bits per heavy atom. The number of hydrogen-bond acceptors (Lipinski definition) is 9. The van der Waals surface area contributed by atoms with Gasteiger partial charge < -0.3 is 20.7 Å². The molecule has 0 bridgehead atoms. The molecule has 0 radical (unpaired) electrons. The molecule has 1 unspecified atom stereocenters. The Morgan fingerprint density at radius 3 is 2.27 bits per heavy atom. The Bertz CT molecular complexity index is 2210. The second kappa shape index (κ2) is 15.6. The maximum absolute atomic E-state index is 13.6. The van der Waals surface area contributed by atoms with E-state index >= 15 is 0 Å². The molecule has 6 rings (SSSR count). The lowest BCUT2D eigenvalue weighted by atomic mass is 9.97. The summed E-state index contributed by atoms with van der Waals surface area (Å²) in [6, 6.07) is 31.1. The molecule has 1 aliphatic heterocycles. The van der Waals surface area contributed by atoms with Gasteiger partial charge in [0.1, 0.15) is 23.0 Å². The fraction of sp³-hybridized carbons (Fsp3) is 0.158. The van der Waals surface area contributed by atoms with Gasteiger partial charge in [-0.2, -0.15) is 8.42 Å². The minimum absolute atomic E-state index is 0.179. The molecule has 1 aromatic heterocycles. The molecular formula is C38H35N6O6S+. The fourth-order valence-corrected chi connectivity index (χ4v) is 7.06. The van der Waals surface area contributed by atoms with Crippen molar-refractivity contribution >= 4 is 62.6 Å². The third-order valence-electron chi connectivity index (χ3n) is 8.19. The summed E-state index contributed by atoms with van der Waals surface area (Å²) in [6.07, 6.45) is 4.74. The van der Waals surface area contributed by atoms with Crippen molar-refractivity contribution in [3.63, 3.8) is 0 Å². The summed E-state index contributed by atoms with van der Waals surface area (Å²) in [5, 5.41) is 8.94. The maximum Gasteiger partial charge on any atom is 0.400 e. The molecule has 258 valence electrons. The van der Waals surface area contributed by atoms with Gasteiger partial charge in [-0.15, -0.1) is 0 Å². The number of benzene rings is 4. The highest BCUT2D eigenvalue weighted by Crippen LogP contribution is 2.38. The number of nitrogens with zero attached hydrogens (tertiary/aromatic N) is 3. The number of esters is 1. The minimum Gasteiger partial charge on any atom is -0.469 e. The average Bonchev–Trinajstić information content (AvgIpc) is 3.55. The molecule has 12 nitrogen and oxygen atoms in total. The SMILES string of the molecule is COC(=O)CCCCC(=O)Nc1ccc(C(=O)Nc2cccc(Nc3cc(C4C=[N+](S(=O)(=O)c5ccccc5)c5ccccc54)ncn3)c2)cc1. The highest BCUT2D eigenvalue weighted by atomic mass is 32.2. The zero-order valence-electron chi connectivity index (χ0n) is 27.7. The van der Waals surface area contributed by atoms with E-state index in [0.717, 1.165) is 5.56 Å². The Hall–Kier alpha value is -6.21. The van der Waals surface area contributed by atoms with Gasteiger partial charge >= 0.3 is 16.0 Å². The molecule has 1 atom stereocenters. The minimum atomic E-state index is -3.85. The molecule has 2 amide bonds. The van der Waals surface area contributed by atoms with E-state index in [1.807, 2.05) is 18.2 Å². The van der Waals surface area contributed by atoms with E-state index in [9.17, 15) is 22.8 Å². The highest BCUT2D eigenvalue weighted by molar-refractivity contribution is 7.85. The van der Waals surface area contributed by atoms with Crippen LogP contribution in [0.5, 0.6) is 0 Å². The summed E-state index contributed by atoms with van der Waals surface area (Å²) in [6.45, 7) is 0. The Kier molecular flexibility index (Phi) is 10.6. The Labute approximate surface area is 295 Å². The number of carbonyl (C=O) groups is 3. The van der Waals surface area contributed by atoms with Gasteiger partial charge in [0, 0.05) is 53.2 Å². The van der Waals surface area contributed by atoms with Gasteiger partial charge in [0.2, 0.25) is 11.6 Å². The number of unbranched alkanes of at least 4 members (excludes halogenated alkanes) is 1. The molecular weight excluding hydrogens is 669 g/mol. The van der Waals surface area contributed by atoms with Crippen molar-refractivity contribution in [1.29, 1.82) is 0 Å². The maximum atomic E-state index is 13.6. The molecule has 0 saturated carbocycles. The number of anilines is 4. The van der Waals surface area contributed by atoms with E-state index in [4.69, 9.17) is 0 Å². The molecule has 0 spiro atoms. The Balaban J connectivity index is 1.10. The summed E-state index contributed by atoms with van der Waals surface area (Å²) in [5.74, 6) is -0.762. The molecule has 0 saturated heterocycles. The van der Waals surface area contributed by atoms with Crippen molar-refractivity contribution in [1.82, 2.24) is 9.97 Å². The molecule has 4 aromatic carbocycles. The quantitative estimate of drug-likeness (QED) is 0.0717. The third-order valence-corrected chi connectivity index (χ3v) is 9.89. The molecule has 5 aromatic rings. The van der Waals surface area contributed by atoms with E-state index in [1.165, 1.54) is 17.4 Å². The van der Waals surface area contributed by atoms with Crippen molar-refractivity contribution in [3.8, 4) is 0 Å². The van der Waals surface area contributed by atoms with E-state index in [0.29, 0.717) is 52.7 Å². The molecule has 3 N–H and O–H groups in total. The standard InChI is InChI=1S/C38H34N6O6S/c1-50-37(46)17-8-7-16-36(45)42-27-20-18-26(19-21-27)38(47)43-29-11-9-10-28(22-29)41-35-23-33(39-25-40-35)32-24-44(34-15-6-5-14-31(32)34)51(48,49)30-12-3-2-4-13-30/h2-6,9-15,18-25,32H,7-8,16-17H2,1H3,(H2-,39,40,41,42,43,45,47)/p+1. The highest BCUT2D eigenvalue weighted by Gasteiger charge is 2.40.